The van der Waals surface area contributed by atoms with Crippen molar-refractivity contribution in [3.63, 3.8) is 0 Å². The summed E-state index contributed by atoms with van der Waals surface area (Å²) in [6, 6.07) is 14.3. The summed E-state index contributed by atoms with van der Waals surface area (Å²) in [6.07, 6.45) is -0.380. The molecular weight excluding hydrogens is 366 g/mol. The Morgan fingerprint density at radius 1 is 1.19 bits per heavy atom. The fourth-order valence-electron chi connectivity index (χ4n) is 3.65. The highest BCUT2D eigenvalue weighted by molar-refractivity contribution is 6.30. The second-order valence-electron chi connectivity index (χ2n) is 7.31. The van der Waals surface area contributed by atoms with Gasteiger partial charge in [0.2, 0.25) is 5.91 Å². The van der Waals surface area contributed by atoms with E-state index in [-0.39, 0.29) is 18.2 Å². The smallest absolute Gasteiger partial charge is 0.326 e. The third kappa shape index (κ3) is 2.72. The van der Waals surface area contributed by atoms with Gasteiger partial charge in [0.1, 0.15) is 17.4 Å². The zero-order chi connectivity index (χ0) is 19.3. The number of nitrogens with zero attached hydrogens (tertiary/aromatic N) is 2. The fraction of sp³-hybridized carbons (Fsp3) is 0.300. The van der Waals surface area contributed by atoms with Crippen molar-refractivity contribution in [3.05, 3.63) is 59.1 Å². The highest BCUT2D eigenvalue weighted by Crippen LogP contribution is 2.45. The Hall–Kier alpha value is -2.73. The predicted octanol–water partition coefficient (Wildman–Crippen LogP) is 3.35. The van der Waals surface area contributed by atoms with Gasteiger partial charge in [0.05, 0.1) is 11.7 Å². The lowest BCUT2D eigenvalue weighted by atomic mass is 9.97. The Labute approximate surface area is 162 Å². The number of hydrogen-bond donors (Lipinski definition) is 1. The monoisotopic (exact) mass is 385 g/mol. The molecule has 0 spiro atoms. The SMILES string of the molecule is CC(C)(C(N)=O)N1CC2C(c3ccc(Cl)cc3)Oc3ccccc3N2C1=O. The standard InChI is InChI=1S/C20H20ClN3O3/c1-20(2,18(22)25)23-11-15-17(12-7-9-13(21)10-8-12)27-16-6-4-3-5-14(16)24(15)19(23)26/h3-10,15,17H,11H2,1-2H3,(H2,22,25). The number of rotatable bonds is 3. The maximum Gasteiger partial charge on any atom is 0.326 e. The lowest BCUT2D eigenvalue weighted by Crippen LogP contribution is -2.54. The van der Waals surface area contributed by atoms with Crippen LogP contribution in [0.15, 0.2) is 48.5 Å². The zero-order valence-electron chi connectivity index (χ0n) is 15.1. The Morgan fingerprint density at radius 2 is 1.85 bits per heavy atom. The van der Waals surface area contributed by atoms with Crippen LogP contribution in [0.25, 0.3) is 0 Å². The van der Waals surface area contributed by atoms with E-state index in [0.717, 1.165) is 5.56 Å². The minimum Gasteiger partial charge on any atom is -0.481 e. The van der Waals surface area contributed by atoms with Crippen LogP contribution in [0.1, 0.15) is 25.5 Å². The molecule has 0 bridgehead atoms. The number of carbonyl (C=O) groups excluding carboxylic acids is 2. The molecule has 0 radical (unpaired) electrons. The molecule has 1 fully saturated rings. The van der Waals surface area contributed by atoms with E-state index >= 15 is 0 Å². The van der Waals surface area contributed by atoms with Crippen molar-refractivity contribution >= 4 is 29.2 Å². The lowest BCUT2D eigenvalue weighted by molar-refractivity contribution is -0.126. The number of para-hydroxylation sites is 2. The van der Waals surface area contributed by atoms with Gasteiger partial charge in [-0.25, -0.2) is 4.79 Å². The van der Waals surface area contributed by atoms with Crippen molar-refractivity contribution in [3.8, 4) is 5.75 Å². The molecule has 2 unspecified atom stereocenters. The number of hydrogen-bond acceptors (Lipinski definition) is 3. The van der Waals surface area contributed by atoms with E-state index in [1.165, 1.54) is 4.90 Å². The first-order chi connectivity index (χ1) is 12.8. The van der Waals surface area contributed by atoms with Crippen LogP contribution in [0.4, 0.5) is 10.5 Å². The molecule has 4 rings (SSSR count). The molecule has 2 N–H and O–H groups in total. The van der Waals surface area contributed by atoms with Crippen molar-refractivity contribution in [1.29, 1.82) is 0 Å². The van der Waals surface area contributed by atoms with Crippen LogP contribution in [0.3, 0.4) is 0 Å². The lowest BCUT2D eigenvalue weighted by Gasteiger charge is -2.37. The molecule has 2 atom stereocenters. The number of anilines is 1. The third-order valence-electron chi connectivity index (χ3n) is 5.34. The van der Waals surface area contributed by atoms with Crippen molar-refractivity contribution in [2.45, 2.75) is 31.5 Å². The topological polar surface area (TPSA) is 75.9 Å². The number of urea groups is 1. The van der Waals surface area contributed by atoms with Gasteiger partial charge >= 0.3 is 6.03 Å². The zero-order valence-corrected chi connectivity index (χ0v) is 15.8. The molecule has 3 amide bonds. The highest BCUT2D eigenvalue weighted by atomic mass is 35.5. The van der Waals surface area contributed by atoms with Gasteiger partial charge in [-0.1, -0.05) is 35.9 Å². The number of amides is 3. The summed E-state index contributed by atoms with van der Waals surface area (Å²) in [4.78, 5) is 28.4. The highest BCUT2D eigenvalue weighted by Gasteiger charge is 2.52. The molecule has 7 heteroatoms. The van der Waals surface area contributed by atoms with Crippen LogP contribution in [-0.2, 0) is 4.79 Å². The van der Waals surface area contributed by atoms with Gasteiger partial charge in [-0.2, -0.15) is 0 Å². The Morgan fingerprint density at radius 3 is 2.52 bits per heavy atom. The minimum atomic E-state index is -1.10. The number of carbonyl (C=O) groups is 2. The fourth-order valence-corrected chi connectivity index (χ4v) is 3.77. The van der Waals surface area contributed by atoms with Crippen molar-refractivity contribution < 1.29 is 14.3 Å². The molecule has 27 heavy (non-hydrogen) atoms. The van der Waals surface area contributed by atoms with Gasteiger partial charge < -0.3 is 15.4 Å². The van der Waals surface area contributed by atoms with Crippen LogP contribution in [-0.4, -0.2) is 35.0 Å². The van der Waals surface area contributed by atoms with E-state index in [2.05, 4.69) is 0 Å². The van der Waals surface area contributed by atoms with Gasteiger partial charge in [0.25, 0.3) is 0 Å². The molecule has 2 aromatic rings. The summed E-state index contributed by atoms with van der Waals surface area (Å²) in [5.74, 6) is 0.0775. The Bertz CT molecular complexity index is 913. The molecule has 2 aliphatic rings. The number of nitrogens with two attached hydrogens (primary N) is 1. The second kappa shape index (κ2) is 6.16. The van der Waals surface area contributed by atoms with E-state index in [0.29, 0.717) is 23.0 Å². The van der Waals surface area contributed by atoms with Crippen LogP contribution in [0.2, 0.25) is 5.02 Å². The normalized spacial score (nSPS) is 21.5. The second-order valence-corrected chi connectivity index (χ2v) is 7.75. The maximum absolute atomic E-state index is 13.3. The Balaban J connectivity index is 1.81. The molecule has 2 aromatic carbocycles. The van der Waals surface area contributed by atoms with Crippen LogP contribution in [0.5, 0.6) is 5.75 Å². The van der Waals surface area contributed by atoms with Crippen LogP contribution in [0, 0.1) is 0 Å². The average molecular weight is 386 g/mol. The van der Waals surface area contributed by atoms with E-state index < -0.39 is 11.4 Å². The van der Waals surface area contributed by atoms with Crippen LogP contribution < -0.4 is 15.4 Å². The van der Waals surface area contributed by atoms with E-state index in [1.807, 2.05) is 36.4 Å². The summed E-state index contributed by atoms with van der Waals surface area (Å²) in [7, 11) is 0. The molecule has 1 saturated heterocycles. The predicted molar refractivity (Wildman–Crippen MR) is 103 cm³/mol. The first-order valence-corrected chi connectivity index (χ1v) is 9.10. The molecule has 6 nitrogen and oxygen atoms in total. The largest absolute Gasteiger partial charge is 0.481 e. The molecule has 2 heterocycles. The summed E-state index contributed by atoms with van der Waals surface area (Å²) in [5.41, 5.74) is 6.07. The molecule has 0 saturated carbocycles. The van der Waals surface area contributed by atoms with E-state index in [9.17, 15) is 9.59 Å². The first kappa shape index (κ1) is 17.7. The van der Waals surface area contributed by atoms with Crippen molar-refractivity contribution in [1.82, 2.24) is 4.90 Å². The van der Waals surface area contributed by atoms with E-state index in [1.54, 1.807) is 30.9 Å². The average Bonchev–Trinajstić information content (AvgIpc) is 3.00. The molecule has 2 aliphatic heterocycles. The van der Waals surface area contributed by atoms with E-state index in [4.69, 9.17) is 22.1 Å². The number of ether oxygens (including phenoxy) is 1. The summed E-state index contributed by atoms with van der Waals surface area (Å²) < 4.78 is 6.26. The summed E-state index contributed by atoms with van der Waals surface area (Å²) in [5, 5.41) is 0.630. The van der Waals surface area contributed by atoms with Crippen molar-refractivity contribution in [2.24, 2.45) is 5.73 Å². The number of fused-ring (bicyclic) bond motifs is 3. The Kier molecular flexibility index (Phi) is 4.03. The third-order valence-corrected chi connectivity index (χ3v) is 5.59. The summed E-state index contributed by atoms with van der Waals surface area (Å²) in [6.45, 7) is 3.65. The van der Waals surface area contributed by atoms with Crippen LogP contribution >= 0.6 is 11.6 Å². The number of primary amides is 1. The quantitative estimate of drug-likeness (QED) is 0.880. The van der Waals surface area contributed by atoms with Gasteiger partial charge in [-0.3, -0.25) is 9.69 Å². The van der Waals surface area contributed by atoms with Gasteiger partial charge in [-0.05, 0) is 43.7 Å². The first-order valence-electron chi connectivity index (χ1n) is 8.72. The summed E-state index contributed by atoms with van der Waals surface area (Å²) >= 11 is 6.02. The van der Waals surface area contributed by atoms with Gasteiger partial charge in [0.15, 0.2) is 0 Å². The van der Waals surface area contributed by atoms with Crippen molar-refractivity contribution in [2.75, 3.05) is 11.4 Å². The van der Waals surface area contributed by atoms with Gasteiger partial charge in [0, 0.05) is 11.6 Å². The number of halogens is 1. The molecule has 0 aromatic heterocycles. The number of benzene rings is 2. The molecule has 0 aliphatic carbocycles. The molecule has 140 valence electrons. The minimum absolute atomic E-state index is 0.251. The maximum atomic E-state index is 13.3. The van der Waals surface area contributed by atoms with Gasteiger partial charge in [-0.15, -0.1) is 0 Å². The molecular formula is C20H20ClN3O3.